The number of likely N-dealkylation sites (tertiary alicyclic amines) is 1. The summed E-state index contributed by atoms with van der Waals surface area (Å²) in [5.74, 6) is -2.25. The number of piperidine rings is 1. The first-order valence-corrected chi connectivity index (χ1v) is 7.24. The van der Waals surface area contributed by atoms with Gasteiger partial charge in [0.1, 0.15) is 11.3 Å². The number of benzene rings is 1. The van der Waals surface area contributed by atoms with E-state index in [1.165, 1.54) is 18.2 Å². The number of hydrogen-bond donors (Lipinski definition) is 3. The predicted molar refractivity (Wildman–Crippen MR) is 78.9 cm³/mol. The number of nitrogens with zero attached hydrogens (tertiary/aromatic N) is 1. The molecular weight excluding hydrogens is 310 g/mol. The van der Waals surface area contributed by atoms with Crippen LogP contribution in [0.5, 0.6) is 5.75 Å². The molecule has 6 nitrogen and oxygen atoms in total. The van der Waals surface area contributed by atoms with Gasteiger partial charge in [-0.2, -0.15) is 0 Å². The van der Waals surface area contributed by atoms with E-state index in [1.54, 1.807) is 4.90 Å². The molecular formula is C15H18F2N2O4. The molecule has 2 rings (SSSR count). The fourth-order valence-electron chi connectivity index (χ4n) is 2.60. The predicted octanol–water partition coefficient (Wildman–Crippen LogP) is 2.01. The van der Waals surface area contributed by atoms with E-state index in [4.69, 9.17) is 5.11 Å². The van der Waals surface area contributed by atoms with Crippen molar-refractivity contribution < 1.29 is 28.6 Å². The van der Waals surface area contributed by atoms with Crippen LogP contribution in [-0.4, -0.2) is 53.0 Å². The normalized spacial score (nSPS) is 16.5. The molecule has 23 heavy (non-hydrogen) atoms. The molecule has 1 aromatic rings. The first-order chi connectivity index (χ1) is 10.9. The Morgan fingerprint density at radius 2 is 1.96 bits per heavy atom. The smallest absolute Gasteiger partial charge is 0.339 e. The molecule has 0 unspecified atom stereocenters. The van der Waals surface area contributed by atoms with Crippen molar-refractivity contribution in [2.24, 2.45) is 5.92 Å². The van der Waals surface area contributed by atoms with Crippen molar-refractivity contribution in [1.29, 1.82) is 0 Å². The molecule has 0 saturated carbocycles. The lowest BCUT2D eigenvalue weighted by molar-refractivity contribution is -0.121. The summed E-state index contributed by atoms with van der Waals surface area (Å²) in [5.41, 5.74) is -0.0187. The third-order valence-electron chi connectivity index (χ3n) is 3.85. The molecule has 1 aliphatic rings. The van der Waals surface area contributed by atoms with Gasteiger partial charge in [-0.25, -0.2) is 13.6 Å². The maximum absolute atomic E-state index is 12.3. The lowest BCUT2D eigenvalue weighted by atomic mass is 9.95. The molecule has 3 N–H and O–H groups in total. The first kappa shape index (κ1) is 17.1. The fraction of sp³-hybridized carbons (Fsp3) is 0.467. The highest BCUT2D eigenvalue weighted by atomic mass is 19.3. The van der Waals surface area contributed by atoms with Crippen molar-refractivity contribution >= 4 is 17.6 Å². The summed E-state index contributed by atoms with van der Waals surface area (Å²) in [4.78, 5) is 24.7. The zero-order valence-electron chi connectivity index (χ0n) is 12.3. The Labute approximate surface area is 131 Å². The highest BCUT2D eigenvalue weighted by molar-refractivity contribution is 5.96. The number of aromatic hydroxyl groups is 1. The van der Waals surface area contributed by atoms with Crippen LogP contribution in [0.2, 0.25) is 0 Å². The fourth-order valence-corrected chi connectivity index (χ4v) is 2.60. The van der Waals surface area contributed by atoms with Gasteiger partial charge < -0.3 is 15.5 Å². The van der Waals surface area contributed by atoms with E-state index in [1.807, 2.05) is 0 Å². The number of halogens is 2. The summed E-state index contributed by atoms with van der Waals surface area (Å²) in [6, 6.07) is 3.79. The number of aromatic carboxylic acids is 1. The van der Waals surface area contributed by atoms with E-state index < -0.39 is 12.4 Å². The summed E-state index contributed by atoms with van der Waals surface area (Å²) < 4.78 is 24.6. The van der Waals surface area contributed by atoms with Gasteiger partial charge in [-0.15, -0.1) is 0 Å². The third kappa shape index (κ3) is 4.62. The van der Waals surface area contributed by atoms with E-state index in [0.717, 1.165) is 0 Å². The number of alkyl halides is 2. The number of carbonyl (C=O) groups is 2. The van der Waals surface area contributed by atoms with Crippen LogP contribution in [0.15, 0.2) is 18.2 Å². The minimum absolute atomic E-state index is 0.274. The Morgan fingerprint density at radius 3 is 2.52 bits per heavy atom. The van der Waals surface area contributed by atoms with Gasteiger partial charge in [0.2, 0.25) is 5.91 Å². The van der Waals surface area contributed by atoms with E-state index in [-0.39, 0.29) is 35.4 Å². The molecule has 0 aromatic heterocycles. The SMILES string of the molecule is O=C(O)c1cc(NC(=O)C2CCN(CC(F)F)CC2)ccc1O. The van der Waals surface area contributed by atoms with Crippen molar-refractivity contribution in [3.8, 4) is 5.75 Å². The Morgan fingerprint density at radius 1 is 1.30 bits per heavy atom. The molecule has 0 radical (unpaired) electrons. The van der Waals surface area contributed by atoms with E-state index >= 15 is 0 Å². The maximum Gasteiger partial charge on any atom is 0.339 e. The third-order valence-corrected chi connectivity index (χ3v) is 3.85. The van der Waals surface area contributed by atoms with Gasteiger partial charge in [-0.1, -0.05) is 0 Å². The van der Waals surface area contributed by atoms with Crippen molar-refractivity contribution in [1.82, 2.24) is 4.90 Å². The van der Waals surface area contributed by atoms with E-state index in [9.17, 15) is 23.5 Å². The first-order valence-electron chi connectivity index (χ1n) is 7.24. The molecule has 1 heterocycles. The van der Waals surface area contributed by atoms with Crippen molar-refractivity contribution in [3.63, 3.8) is 0 Å². The maximum atomic E-state index is 12.3. The standard InChI is InChI=1S/C15H18F2N2O4/c16-13(17)8-19-5-3-9(4-6-19)14(21)18-10-1-2-12(20)11(7-10)15(22)23/h1-2,7,9,13,20H,3-6,8H2,(H,18,21)(H,22,23). The van der Waals surface area contributed by atoms with Gasteiger partial charge in [-0.05, 0) is 44.1 Å². The van der Waals surface area contributed by atoms with E-state index in [2.05, 4.69) is 5.32 Å². The Kier molecular flexibility index (Phi) is 5.49. The summed E-state index contributed by atoms with van der Waals surface area (Å²) in [5, 5.41) is 21.0. The Hall–Kier alpha value is -2.22. The summed E-state index contributed by atoms with van der Waals surface area (Å²) in [6.07, 6.45) is -1.43. The van der Waals surface area contributed by atoms with Crippen LogP contribution in [0.4, 0.5) is 14.5 Å². The number of rotatable bonds is 5. The minimum atomic E-state index is -2.38. The van der Waals surface area contributed by atoms with E-state index in [0.29, 0.717) is 25.9 Å². The second kappa shape index (κ2) is 7.36. The van der Waals surface area contributed by atoms with Gasteiger partial charge in [-0.3, -0.25) is 9.69 Å². The monoisotopic (exact) mass is 328 g/mol. The molecule has 0 spiro atoms. The molecule has 8 heteroatoms. The molecule has 1 aliphatic heterocycles. The van der Waals surface area contributed by atoms with Crippen LogP contribution in [0.25, 0.3) is 0 Å². The summed E-state index contributed by atoms with van der Waals surface area (Å²) in [6.45, 7) is 0.574. The van der Waals surface area contributed by atoms with Gasteiger partial charge >= 0.3 is 5.97 Å². The van der Waals surface area contributed by atoms with Gasteiger partial charge in [0.25, 0.3) is 6.43 Å². The lowest BCUT2D eigenvalue weighted by Gasteiger charge is -2.30. The van der Waals surface area contributed by atoms with Crippen molar-refractivity contribution in [3.05, 3.63) is 23.8 Å². The van der Waals surface area contributed by atoms with Crippen molar-refractivity contribution in [2.45, 2.75) is 19.3 Å². The number of carboxylic acids is 1. The van der Waals surface area contributed by atoms with Crippen LogP contribution < -0.4 is 5.32 Å². The van der Waals surface area contributed by atoms with Crippen LogP contribution >= 0.6 is 0 Å². The van der Waals surface area contributed by atoms with Crippen LogP contribution in [0, 0.1) is 5.92 Å². The molecule has 0 aliphatic carbocycles. The van der Waals surface area contributed by atoms with Crippen LogP contribution in [-0.2, 0) is 4.79 Å². The molecule has 0 atom stereocenters. The Balaban J connectivity index is 1.93. The van der Waals surface area contributed by atoms with Crippen LogP contribution in [0.3, 0.4) is 0 Å². The van der Waals surface area contributed by atoms with Crippen molar-refractivity contribution in [2.75, 3.05) is 25.0 Å². The van der Waals surface area contributed by atoms with Gasteiger partial charge in [0, 0.05) is 11.6 Å². The number of phenols is 1. The molecule has 0 bridgehead atoms. The largest absolute Gasteiger partial charge is 0.507 e. The quantitative estimate of drug-likeness (QED) is 0.720. The summed E-state index contributed by atoms with van der Waals surface area (Å²) in [7, 11) is 0. The average molecular weight is 328 g/mol. The number of nitrogens with one attached hydrogen (secondary N) is 1. The second-order valence-electron chi connectivity index (χ2n) is 5.49. The molecule has 1 amide bonds. The zero-order valence-corrected chi connectivity index (χ0v) is 12.3. The van der Waals surface area contributed by atoms with Gasteiger partial charge in [0.15, 0.2) is 0 Å². The number of anilines is 1. The minimum Gasteiger partial charge on any atom is -0.507 e. The number of carbonyl (C=O) groups excluding carboxylic acids is 1. The number of carboxylic acid groups (broad SMARTS) is 1. The zero-order chi connectivity index (χ0) is 17.0. The molecule has 126 valence electrons. The highest BCUT2D eigenvalue weighted by Crippen LogP contribution is 2.24. The lowest BCUT2D eigenvalue weighted by Crippen LogP contribution is -2.40. The average Bonchev–Trinajstić information content (AvgIpc) is 2.49. The molecule has 1 saturated heterocycles. The topological polar surface area (TPSA) is 89.9 Å². The second-order valence-corrected chi connectivity index (χ2v) is 5.49. The Bertz CT molecular complexity index is 587. The molecule has 1 fully saturated rings. The number of amides is 1. The van der Waals surface area contributed by atoms with Gasteiger partial charge in [0.05, 0.1) is 6.54 Å². The van der Waals surface area contributed by atoms with Crippen LogP contribution in [0.1, 0.15) is 23.2 Å². The highest BCUT2D eigenvalue weighted by Gasteiger charge is 2.26. The molecule has 1 aromatic carbocycles. The number of hydrogen-bond acceptors (Lipinski definition) is 4. The summed E-state index contributed by atoms with van der Waals surface area (Å²) >= 11 is 0.